The molecule has 3 aromatic rings. The largest absolute Gasteiger partial charge is 0.507 e. The van der Waals surface area contributed by atoms with Crippen LogP contribution in [0.2, 0.25) is 0 Å². The van der Waals surface area contributed by atoms with Gasteiger partial charge in [-0.25, -0.2) is 8.42 Å². The van der Waals surface area contributed by atoms with Crippen molar-refractivity contribution in [3.63, 3.8) is 0 Å². The van der Waals surface area contributed by atoms with Crippen LogP contribution in [0, 0.1) is 6.92 Å². The molecular formula is C21H20N2O6S. The Labute approximate surface area is 173 Å². The SMILES string of the molecule is COc1ccccc1NS(=O)(=O)c1ccc(O)c(NC(=O)c2ccc(C)cc2O)c1. The molecule has 0 spiro atoms. The van der Waals surface area contributed by atoms with Crippen LogP contribution < -0.4 is 14.8 Å². The molecule has 0 bridgehead atoms. The number of phenols is 2. The maximum absolute atomic E-state index is 12.8. The van der Waals surface area contributed by atoms with Crippen LogP contribution in [0.4, 0.5) is 11.4 Å². The molecule has 0 saturated heterocycles. The maximum Gasteiger partial charge on any atom is 0.262 e. The first-order chi connectivity index (χ1) is 14.2. The van der Waals surface area contributed by atoms with Crippen molar-refractivity contribution in [2.45, 2.75) is 11.8 Å². The predicted octanol–water partition coefficient (Wildman–Crippen LogP) is 3.47. The molecule has 0 atom stereocenters. The monoisotopic (exact) mass is 428 g/mol. The molecule has 3 rings (SSSR count). The molecule has 4 N–H and O–H groups in total. The lowest BCUT2D eigenvalue weighted by atomic mass is 10.1. The Balaban J connectivity index is 1.90. The number of benzene rings is 3. The zero-order valence-corrected chi connectivity index (χ0v) is 17.0. The van der Waals surface area contributed by atoms with E-state index in [1.807, 2.05) is 0 Å². The topological polar surface area (TPSA) is 125 Å². The van der Waals surface area contributed by atoms with Gasteiger partial charge in [-0.15, -0.1) is 0 Å². The molecule has 0 aliphatic heterocycles. The van der Waals surface area contributed by atoms with E-state index >= 15 is 0 Å². The molecule has 0 fully saturated rings. The molecule has 0 heterocycles. The van der Waals surface area contributed by atoms with E-state index < -0.39 is 15.9 Å². The van der Waals surface area contributed by atoms with E-state index in [1.165, 1.54) is 25.3 Å². The van der Waals surface area contributed by atoms with Crippen LogP contribution >= 0.6 is 0 Å². The predicted molar refractivity (Wildman–Crippen MR) is 113 cm³/mol. The Morgan fingerprint density at radius 3 is 2.37 bits per heavy atom. The summed E-state index contributed by atoms with van der Waals surface area (Å²) < 4.78 is 33.1. The van der Waals surface area contributed by atoms with Crippen molar-refractivity contribution in [2.24, 2.45) is 0 Å². The fourth-order valence-corrected chi connectivity index (χ4v) is 3.83. The maximum atomic E-state index is 12.8. The van der Waals surface area contributed by atoms with E-state index in [0.717, 1.165) is 17.7 Å². The number of nitrogens with one attached hydrogen (secondary N) is 2. The first-order valence-electron chi connectivity index (χ1n) is 8.81. The van der Waals surface area contributed by atoms with Crippen LogP contribution in [0.25, 0.3) is 0 Å². The van der Waals surface area contributed by atoms with Gasteiger partial charge >= 0.3 is 0 Å². The number of aromatic hydroxyl groups is 2. The van der Waals surface area contributed by atoms with Crippen LogP contribution in [-0.4, -0.2) is 31.6 Å². The molecule has 0 radical (unpaired) electrons. The molecular weight excluding hydrogens is 408 g/mol. The standard InChI is InChI=1S/C21H20N2O6S/c1-13-7-9-15(19(25)11-13)21(26)22-17-12-14(8-10-18(17)24)30(27,28)23-16-5-3-4-6-20(16)29-2/h3-12,23-25H,1-2H3,(H,22,26). The number of amides is 1. The summed E-state index contributed by atoms with van der Waals surface area (Å²) in [6.45, 7) is 1.76. The zero-order valence-electron chi connectivity index (χ0n) is 16.2. The number of hydrogen-bond donors (Lipinski definition) is 4. The van der Waals surface area contributed by atoms with E-state index in [0.29, 0.717) is 5.75 Å². The van der Waals surface area contributed by atoms with E-state index in [-0.39, 0.29) is 33.3 Å². The Bertz CT molecular complexity index is 1210. The Morgan fingerprint density at radius 2 is 1.67 bits per heavy atom. The molecule has 0 unspecified atom stereocenters. The Hall–Kier alpha value is -3.72. The van der Waals surface area contributed by atoms with E-state index in [2.05, 4.69) is 10.0 Å². The molecule has 0 saturated carbocycles. The molecule has 9 heteroatoms. The van der Waals surface area contributed by atoms with Gasteiger partial charge in [0, 0.05) is 0 Å². The number of carbonyl (C=O) groups is 1. The second-order valence-electron chi connectivity index (χ2n) is 6.46. The first kappa shape index (κ1) is 21.0. The van der Waals surface area contributed by atoms with Gasteiger partial charge in [-0.2, -0.15) is 0 Å². The third kappa shape index (κ3) is 4.47. The summed E-state index contributed by atoms with van der Waals surface area (Å²) in [5, 5.41) is 22.5. The minimum atomic E-state index is -4.04. The normalized spacial score (nSPS) is 11.0. The number of rotatable bonds is 6. The van der Waals surface area contributed by atoms with Crippen molar-refractivity contribution in [2.75, 3.05) is 17.1 Å². The summed E-state index contributed by atoms with van der Waals surface area (Å²) in [7, 11) is -2.62. The molecule has 8 nitrogen and oxygen atoms in total. The highest BCUT2D eigenvalue weighted by molar-refractivity contribution is 7.92. The van der Waals surface area contributed by atoms with E-state index in [1.54, 1.807) is 37.3 Å². The lowest BCUT2D eigenvalue weighted by molar-refractivity contribution is 0.102. The molecule has 156 valence electrons. The number of hydrogen-bond acceptors (Lipinski definition) is 6. The second kappa shape index (κ2) is 8.34. The molecule has 0 aromatic heterocycles. The summed E-state index contributed by atoms with van der Waals surface area (Å²) in [6, 6.07) is 14.5. The van der Waals surface area contributed by atoms with Crippen LogP contribution in [0.3, 0.4) is 0 Å². The van der Waals surface area contributed by atoms with Gasteiger partial charge in [0.25, 0.3) is 15.9 Å². The van der Waals surface area contributed by atoms with Crippen LogP contribution in [0.5, 0.6) is 17.2 Å². The van der Waals surface area contributed by atoms with Gasteiger partial charge < -0.3 is 20.3 Å². The third-order valence-electron chi connectivity index (χ3n) is 4.28. The van der Waals surface area contributed by atoms with Crippen molar-refractivity contribution in [3.8, 4) is 17.2 Å². The molecule has 30 heavy (non-hydrogen) atoms. The fourth-order valence-electron chi connectivity index (χ4n) is 2.74. The van der Waals surface area contributed by atoms with Crippen molar-refractivity contribution in [3.05, 3.63) is 71.8 Å². The number of methoxy groups -OCH3 is 1. The lowest BCUT2D eigenvalue weighted by Crippen LogP contribution is -2.15. The summed E-state index contributed by atoms with van der Waals surface area (Å²) >= 11 is 0. The molecule has 0 aliphatic rings. The molecule has 1 amide bonds. The number of ether oxygens (including phenoxy) is 1. The number of aryl methyl sites for hydroxylation is 1. The van der Waals surface area contributed by atoms with Gasteiger partial charge in [-0.05, 0) is 55.0 Å². The number of para-hydroxylation sites is 2. The summed E-state index contributed by atoms with van der Waals surface area (Å²) in [4.78, 5) is 12.3. The molecule has 3 aromatic carbocycles. The van der Waals surface area contributed by atoms with E-state index in [9.17, 15) is 23.4 Å². The number of carbonyl (C=O) groups excluding carboxylic acids is 1. The number of sulfonamides is 1. The van der Waals surface area contributed by atoms with Crippen LogP contribution in [0.15, 0.2) is 65.6 Å². The highest BCUT2D eigenvalue weighted by Crippen LogP contribution is 2.31. The van der Waals surface area contributed by atoms with Crippen molar-refractivity contribution >= 4 is 27.3 Å². The van der Waals surface area contributed by atoms with E-state index in [4.69, 9.17) is 4.74 Å². The van der Waals surface area contributed by atoms with Crippen molar-refractivity contribution in [1.29, 1.82) is 0 Å². The minimum Gasteiger partial charge on any atom is -0.507 e. The second-order valence-corrected chi connectivity index (χ2v) is 8.14. The van der Waals surface area contributed by atoms with Gasteiger partial charge in [-0.3, -0.25) is 9.52 Å². The Morgan fingerprint density at radius 1 is 0.933 bits per heavy atom. The fraction of sp³-hybridized carbons (Fsp3) is 0.0952. The van der Waals surface area contributed by atoms with Gasteiger partial charge in [0.1, 0.15) is 17.2 Å². The summed E-state index contributed by atoms with van der Waals surface area (Å²) in [5.74, 6) is -0.918. The average molecular weight is 428 g/mol. The average Bonchev–Trinajstić information content (AvgIpc) is 2.69. The van der Waals surface area contributed by atoms with Crippen molar-refractivity contribution < 1.29 is 28.2 Å². The van der Waals surface area contributed by atoms with Crippen molar-refractivity contribution in [1.82, 2.24) is 0 Å². The lowest BCUT2D eigenvalue weighted by Gasteiger charge is -2.14. The zero-order chi connectivity index (χ0) is 21.9. The quantitative estimate of drug-likeness (QED) is 0.446. The van der Waals surface area contributed by atoms with Gasteiger partial charge in [0.05, 0.1) is 28.9 Å². The van der Waals surface area contributed by atoms with Gasteiger partial charge in [0.2, 0.25) is 0 Å². The number of anilines is 2. The van der Waals surface area contributed by atoms with Gasteiger partial charge in [0.15, 0.2) is 0 Å². The minimum absolute atomic E-state index is 0.0135. The summed E-state index contributed by atoms with van der Waals surface area (Å²) in [5.41, 5.74) is 0.869. The van der Waals surface area contributed by atoms with Crippen LogP contribution in [0.1, 0.15) is 15.9 Å². The van der Waals surface area contributed by atoms with Crippen LogP contribution in [-0.2, 0) is 10.0 Å². The highest BCUT2D eigenvalue weighted by atomic mass is 32.2. The third-order valence-corrected chi connectivity index (χ3v) is 5.64. The number of phenolic OH excluding ortho intramolecular Hbond substituents is 2. The summed E-state index contributed by atoms with van der Waals surface area (Å²) in [6.07, 6.45) is 0. The first-order valence-corrected chi connectivity index (χ1v) is 10.3. The Kier molecular flexibility index (Phi) is 5.84. The highest BCUT2D eigenvalue weighted by Gasteiger charge is 2.20. The molecule has 0 aliphatic carbocycles. The van der Waals surface area contributed by atoms with Gasteiger partial charge in [-0.1, -0.05) is 18.2 Å². The smallest absolute Gasteiger partial charge is 0.262 e.